The number of esters is 1. The van der Waals surface area contributed by atoms with Crippen LogP contribution in [0.25, 0.3) is 0 Å². The normalized spacial score (nSPS) is 15.3. The molecule has 0 aromatic heterocycles. The van der Waals surface area contributed by atoms with Crippen molar-refractivity contribution in [3.63, 3.8) is 0 Å². The zero-order valence-corrected chi connectivity index (χ0v) is 15.5. The molecule has 0 aliphatic heterocycles. The highest BCUT2D eigenvalue weighted by atomic mass is 79.9. The van der Waals surface area contributed by atoms with Gasteiger partial charge in [0.1, 0.15) is 5.54 Å². The third kappa shape index (κ3) is 6.01. The van der Waals surface area contributed by atoms with Gasteiger partial charge in [-0.3, -0.25) is 4.79 Å². The average molecular weight is 374 g/mol. The molecule has 1 rings (SSSR count). The molecule has 0 aliphatic carbocycles. The SMILES string of the molecule is CCNC(C)(CC(C)Sc1cccc(Br)c1)C(=O)OCC. The topological polar surface area (TPSA) is 38.3 Å². The van der Waals surface area contributed by atoms with Crippen molar-refractivity contribution in [1.29, 1.82) is 0 Å². The van der Waals surface area contributed by atoms with E-state index in [0.29, 0.717) is 11.9 Å². The fraction of sp³-hybridized carbons (Fsp3) is 0.562. The van der Waals surface area contributed by atoms with E-state index in [1.807, 2.05) is 32.9 Å². The number of likely N-dealkylation sites (N-methyl/N-ethyl adjacent to an activating group) is 1. The van der Waals surface area contributed by atoms with Crippen LogP contribution in [0, 0.1) is 0 Å². The van der Waals surface area contributed by atoms with Crippen LogP contribution >= 0.6 is 27.7 Å². The maximum Gasteiger partial charge on any atom is 0.326 e. The number of nitrogens with one attached hydrogen (secondary N) is 1. The maximum atomic E-state index is 12.2. The van der Waals surface area contributed by atoms with Crippen molar-refractivity contribution in [2.24, 2.45) is 0 Å². The number of carbonyl (C=O) groups excluding carboxylic acids is 1. The smallest absolute Gasteiger partial charge is 0.326 e. The summed E-state index contributed by atoms with van der Waals surface area (Å²) in [6, 6.07) is 8.21. The molecule has 1 aromatic rings. The van der Waals surface area contributed by atoms with E-state index in [-0.39, 0.29) is 5.97 Å². The van der Waals surface area contributed by atoms with Crippen LogP contribution in [0.2, 0.25) is 0 Å². The van der Waals surface area contributed by atoms with Crippen LogP contribution in [0.5, 0.6) is 0 Å². The summed E-state index contributed by atoms with van der Waals surface area (Å²) in [4.78, 5) is 13.4. The predicted molar refractivity (Wildman–Crippen MR) is 92.8 cm³/mol. The fourth-order valence-corrected chi connectivity index (χ4v) is 4.08. The van der Waals surface area contributed by atoms with E-state index in [4.69, 9.17) is 4.74 Å². The summed E-state index contributed by atoms with van der Waals surface area (Å²) in [6.45, 7) is 9.05. The Balaban J connectivity index is 2.72. The Morgan fingerprint density at radius 3 is 2.76 bits per heavy atom. The molecule has 0 radical (unpaired) electrons. The van der Waals surface area contributed by atoms with Crippen molar-refractivity contribution in [3.8, 4) is 0 Å². The second-order valence-electron chi connectivity index (χ2n) is 5.17. The minimum absolute atomic E-state index is 0.173. The monoisotopic (exact) mass is 373 g/mol. The summed E-state index contributed by atoms with van der Waals surface area (Å²) in [6.07, 6.45) is 0.719. The van der Waals surface area contributed by atoms with Crippen LogP contribution in [-0.2, 0) is 9.53 Å². The molecule has 0 heterocycles. The van der Waals surface area contributed by atoms with Crippen molar-refractivity contribution in [1.82, 2.24) is 5.32 Å². The van der Waals surface area contributed by atoms with Gasteiger partial charge in [0.05, 0.1) is 6.61 Å². The molecule has 0 saturated carbocycles. The minimum atomic E-state index is -0.636. The highest BCUT2D eigenvalue weighted by molar-refractivity contribution is 9.10. The lowest BCUT2D eigenvalue weighted by molar-refractivity contribution is -0.150. The molecule has 21 heavy (non-hydrogen) atoms. The maximum absolute atomic E-state index is 12.2. The fourth-order valence-electron chi connectivity index (χ4n) is 2.30. The van der Waals surface area contributed by atoms with Gasteiger partial charge in [0.2, 0.25) is 0 Å². The van der Waals surface area contributed by atoms with Crippen LogP contribution in [-0.4, -0.2) is 29.9 Å². The number of hydrogen-bond acceptors (Lipinski definition) is 4. The molecule has 5 heteroatoms. The summed E-state index contributed by atoms with van der Waals surface area (Å²) in [5, 5.41) is 3.57. The number of benzene rings is 1. The van der Waals surface area contributed by atoms with E-state index in [2.05, 4.69) is 40.3 Å². The van der Waals surface area contributed by atoms with E-state index < -0.39 is 5.54 Å². The molecular weight excluding hydrogens is 350 g/mol. The first-order valence-electron chi connectivity index (χ1n) is 7.25. The molecule has 3 nitrogen and oxygen atoms in total. The number of hydrogen-bond donors (Lipinski definition) is 1. The highest BCUT2D eigenvalue weighted by Gasteiger charge is 2.35. The number of carbonyl (C=O) groups is 1. The molecule has 1 N–H and O–H groups in total. The quantitative estimate of drug-likeness (QED) is 0.545. The lowest BCUT2D eigenvalue weighted by Gasteiger charge is -2.30. The second kappa shape index (κ2) is 8.81. The van der Waals surface area contributed by atoms with E-state index in [1.165, 1.54) is 4.90 Å². The Morgan fingerprint density at radius 1 is 1.48 bits per heavy atom. The van der Waals surface area contributed by atoms with Crippen molar-refractivity contribution in [2.75, 3.05) is 13.2 Å². The molecule has 0 fully saturated rings. The summed E-state index contributed by atoms with van der Waals surface area (Å²) in [7, 11) is 0. The van der Waals surface area contributed by atoms with Crippen molar-refractivity contribution < 1.29 is 9.53 Å². The Labute approximate surface area is 140 Å². The van der Waals surface area contributed by atoms with Gasteiger partial charge in [-0.05, 0) is 45.0 Å². The van der Waals surface area contributed by atoms with Gasteiger partial charge >= 0.3 is 5.97 Å². The standard InChI is InChI=1S/C16H24BrNO2S/c1-5-18-16(4,15(19)20-6-2)11-12(3)21-14-9-7-8-13(17)10-14/h7-10,12,18H,5-6,11H2,1-4H3. The van der Waals surface area contributed by atoms with Gasteiger partial charge < -0.3 is 10.1 Å². The molecule has 2 unspecified atom stereocenters. The van der Waals surface area contributed by atoms with Gasteiger partial charge in [0.15, 0.2) is 0 Å². The zero-order chi connectivity index (χ0) is 15.9. The first kappa shape index (κ1) is 18.5. The molecule has 1 aromatic carbocycles. The van der Waals surface area contributed by atoms with Gasteiger partial charge in [-0.15, -0.1) is 11.8 Å². The van der Waals surface area contributed by atoms with Crippen LogP contribution < -0.4 is 5.32 Å². The van der Waals surface area contributed by atoms with Gasteiger partial charge in [-0.25, -0.2) is 0 Å². The summed E-state index contributed by atoms with van der Waals surface area (Å²) in [5.74, 6) is -0.173. The number of halogens is 1. The third-order valence-corrected chi connectivity index (χ3v) is 4.71. The van der Waals surface area contributed by atoms with Crippen LogP contribution in [0.4, 0.5) is 0 Å². The first-order chi connectivity index (χ1) is 9.91. The summed E-state index contributed by atoms with van der Waals surface area (Å²) >= 11 is 5.25. The molecule has 0 spiro atoms. The first-order valence-corrected chi connectivity index (χ1v) is 8.93. The van der Waals surface area contributed by atoms with Gasteiger partial charge in [0, 0.05) is 14.6 Å². The minimum Gasteiger partial charge on any atom is -0.465 e. The van der Waals surface area contributed by atoms with Crippen LogP contribution in [0.15, 0.2) is 33.6 Å². The van der Waals surface area contributed by atoms with E-state index in [1.54, 1.807) is 11.8 Å². The van der Waals surface area contributed by atoms with Crippen LogP contribution in [0.3, 0.4) is 0 Å². The molecular formula is C16H24BrNO2S. The Morgan fingerprint density at radius 2 is 2.19 bits per heavy atom. The zero-order valence-electron chi connectivity index (χ0n) is 13.1. The predicted octanol–water partition coefficient (Wildman–Crippen LogP) is 4.25. The number of thioether (sulfide) groups is 1. The lowest BCUT2D eigenvalue weighted by Crippen LogP contribution is -2.51. The Kier molecular flexibility index (Phi) is 7.77. The van der Waals surface area contributed by atoms with Crippen molar-refractivity contribution >= 4 is 33.7 Å². The molecule has 0 saturated heterocycles. The molecule has 118 valence electrons. The molecule has 2 atom stereocenters. The van der Waals surface area contributed by atoms with E-state index in [0.717, 1.165) is 17.4 Å². The van der Waals surface area contributed by atoms with Crippen LogP contribution in [0.1, 0.15) is 34.1 Å². The van der Waals surface area contributed by atoms with Gasteiger partial charge in [0.25, 0.3) is 0 Å². The lowest BCUT2D eigenvalue weighted by atomic mass is 9.96. The summed E-state index contributed by atoms with van der Waals surface area (Å²) < 4.78 is 6.28. The largest absolute Gasteiger partial charge is 0.465 e. The number of ether oxygens (including phenoxy) is 1. The summed E-state index contributed by atoms with van der Waals surface area (Å²) in [5.41, 5.74) is -0.636. The van der Waals surface area contributed by atoms with Gasteiger partial charge in [-0.2, -0.15) is 0 Å². The van der Waals surface area contributed by atoms with E-state index >= 15 is 0 Å². The third-order valence-electron chi connectivity index (χ3n) is 3.12. The molecule has 0 aliphatic rings. The van der Waals surface area contributed by atoms with Crippen molar-refractivity contribution in [2.45, 2.75) is 49.8 Å². The van der Waals surface area contributed by atoms with E-state index in [9.17, 15) is 4.79 Å². The molecule has 0 bridgehead atoms. The Bertz CT molecular complexity index is 469. The number of rotatable bonds is 8. The van der Waals surface area contributed by atoms with Gasteiger partial charge in [-0.1, -0.05) is 35.8 Å². The molecule has 0 amide bonds. The van der Waals surface area contributed by atoms with Crippen molar-refractivity contribution in [3.05, 3.63) is 28.7 Å². The average Bonchev–Trinajstić information content (AvgIpc) is 2.38. The highest BCUT2D eigenvalue weighted by Crippen LogP contribution is 2.30. The Hall–Kier alpha value is -0.520. The second-order valence-corrected chi connectivity index (χ2v) is 7.60.